The number of ketones is 1. The van der Waals surface area contributed by atoms with Crippen LogP contribution in [-0.4, -0.2) is 5.78 Å². The number of rotatable bonds is 4. The van der Waals surface area contributed by atoms with Gasteiger partial charge in [-0.15, -0.1) is 0 Å². The van der Waals surface area contributed by atoms with Gasteiger partial charge in [-0.25, -0.2) is 4.39 Å². The number of benzene rings is 1. The van der Waals surface area contributed by atoms with Gasteiger partial charge in [-0.3, -0.25) is 4.79 Å². The van der Waals surface area contributed by atoms with Crippen LogP contribution in [0.4, 0.5) is 4.39 Å². The van der Waals surface area contributed by atoms with Gasteiger partial charge in [0.15, 0.2) is 0 Å². The second-order valence-corrected chi connectivity index (χ2v) is 4.38. The van der Waals surface area contributed by atoms with Gasteiger partial charge in [-0.2, -0.15) is 0 Å². The quantitative estimate of drug-likeness (QED) is 0.769. The Bertz CT molecular complexity index is 385. The molecule has 1 fully saturated rings. The Balaban J connectivity index is 1.95. The first-order valence-electron chi connectivity index (χ1n) is 5.13. The lowest BCUT2D eigenvalue weighted by Crippen LogP contribution is -2.02. The lowest BCUT2D eigenvalue weighted by atomic mass is 10.1. The van der Waals surface area contributed by atoms with E-state index in [9.17, 15) is 9.18 Å². The third kappa shape index (κ3) is 2.78. The van der Waals surface area contributed by atoms with Crippen LogP contribution in [0.3, 0.4) is 0 Å². The molecule has 0 heterocycles. The van der Waals surface area contributed by atoms with Crippen molar-refractivity contribution in [3.63, 3.8) is 0 Å². The van der Waals surface area contributed by atoms with Crippen LogP contribution >= 0.6 is 11.6 Å². The van der Waals surface area contributed by atoms with Gasteiger partial charge in [0, 0.05) is 17.4 Å². The van der Waals surface area contributed by atoms with Gasteiger partial charge in [0.25, 0.3) is 0 Å². The largest absolute Gasteiger partial charge is 0.299 e. The van der Waals surface area contributed by atoms with E-state index in [-0.39, 0.29) is 5.82 Å². The maximum Gasteiger partial charge on any atom is 0.136 e. The summed E-state index contributed by atoms with van der Waals surface area (Å²) in [6.45, 7) is 0. The van der Waals surface area contributed by atoms with Gasteiger partial charge >= 0.3 is 0 Å². The number of hydrogen-bond donors (Lipinski definition) is 0. The van der Waals surface area contributed by atoms with Gasteiger partial charge in [0.2, 0.25) is 0 Å². The molecule has 0 aliphatic heterocycles. The number of carbonyl (C=O) groups is 1. The van der Waals surface area contributed by atoms with E-state index in [0.717, 1.165) is 18.4 Å². The lowest BCUT2D eigenvalue weighted by molar-refractivity contribution is -0.120. The molecule has 0 saturated heterocycles. The van der Waals surface area contributed by atoms with Gasteiger partial charge in [-0.1, -0.05) is 17.7 Å². The molecule has 0 bridgehead atoms. The van der Waals surface area contributed by atoms with E-state index in [1.807, 2.05) is 0 Å². The molecule has 0 radical (unpaired) electrons. The van der Waals surface area contributed by atoms with Crippen molar-refractivity contribution in [1.29, 1.82) is 0 Å². The minimum Gasteiger partial charge on any atom is -0.299 e. The number of Topliss-reactive ketones (excluding diaryl/α,β-unsaturated/α-hetero) is 1. The zero-order chi connectivity index (χ0) is 10.8. The molecular weight excluding hydrogens is 215 g/mol. The van der Waals surface area contributed by atoms with Crippen molar-refractivity contribution in [2.45, 2.75) is 25.7 Å². The second kappa shape index (κ2) is 4.31. The molecule has 15 heavy (non-hydrogen) atoms. The number of aryl methyl sites for hydroxylation is 1. The Morgan fingerprint density at radius 2 is 2.20 bits per heavy atom. The highest BCUT2D eigenvalue weighted by molar-refractivity contribution is 6.31. The highest BCUT2D eigenvalue weighted by Crippen LogP contribution is 2.31. The van der Waals surface area contributed by atoms with Crippen molar-refractivity contribution in [2.75, 3.05) is 0 Å². The van der Waals surface area contributed by atoms with Crippen LogP contribution in [0.15, 0.2) is 18.2 Å². The first-order chi connectivity index (χ1) is 7.16. The summed E-state index contributed by atoms with van der Waals surface area (Å²) in [7, 11) is 0. The third-order valence-corrected chi connectivity index (χ3v) is 3.04. The zero-order valence-corrected chi connectivity index (χ0v) is 9.06. The molecule has 1 aliphatic carbocycles. The molecule has 1 saturated carbocycles. The summed E-state index contributed by atoms with van der Waals surface area (Å²) >= 11 is 5.86. The van der Waals surface area contributed by atoms with Crippen LogP contribution in [0.25, 0.3) is 0 Å². The molecule has 1 aliphatic rings. The molecule has 3 heteroatoms. The van der Waals surface area contributed by atoms with Crippen molar-refractivity contribution >= 4 is 17.4 Å². The van der Waals surface area contributed by atoms with Crippen LogP contribution in [0.2, 0.25) is 5.02 Å². The van der Waals surface area contributed by atoms with Crippen LogP contribution in [0.1, 0.15) is 24.8 Å². The Morgan fingerprint density at radius 3 is 2.80 bits per heavy atom. The molecule has 80 valence electrons. The third-order valence-electron chi connectivity index (χ3n) is 2.69. The number of hydrogen-bond acceptors (Lipinski definition) is 1. The molecule has 0 amide bonds. The summed E-state index contributed by atoms with van der Waals surface area (Å²) in [5.74, 6) is 0.275. The van der Waals surface area contributed by atoms with Crippen LogP contribution in [-0.2, 0) is 11.2 Å². The van der Waals surface area contributed by atoms with E-state index in [0.29, 0.717) is 29.6 Å². The van der Waals surface area contributed by atoms with Crippen molar-refractivity contribution in [1.82, 2.24) is 0 Å². The highest BCUT2D eigenvalue weighted by atomic mass is 35.5. The first kappa shape index (κ1) is 10.6. The van der Waals surface area contributed by atoms with E-state index in [2.05, 4.69) is 0 Å². The monoisotopic (exact) mass is 226 g/mol. The maximum atomic E-state index is 12.7. The van der Waals surface area contributed by atoms with E-state index in [1.165, 1.54) is 12.1 Å². The average molecular weight is 227 g/mol. The zero-order valence-electron chi connectivity index (χ0n) is 8.30. The molecule has 0 atom stereocenters. The molecule has 0 spiro atoms. The van der Waals surface area contributed by atoms with Crippen LogP contribution < -0.4 is 0 Å². The SMILES string of the molecule is O=C(CCc1ccc(F)cc1Cl)C1CC1. The van der Waals surface area contributed by atoms with Gasteiger partial charge in [-0.05, 0) is 37.0 Å². The van der Waals surface area contributed by atoms with Crippen LogP contribution in [0.5, 0.6) is 0 Å². The normalized spacial score (nSPS) is 15.3. The Labute approximate surface area is 93.2 Å². The van der Waals surface area contributed by atoms with Gasteiger partial charge in [0.1, 0.15) is 11.6 Å². The van der Waals surface area contributed by atoms with E-state index in [4.69, 9.17) is 11.6 Å². The fourth-order valence-electron chi connectivity index (χ4n) is 1.59. The molecule has 0 N–H and O–H groups in total. The standard InChI is InChI=1S/C12H12ClFO/c13-11-7-10(14)5-3-8(11)4-6-12(15)9-1-2-9/h3,5,7,9H,1-2,4,6H2. The summed E-state index contributed by atoms with van der Waals surface area (Å²) in [6.07, 6.45) is 3.22. The molecular formula is C12H12ClFO. The molecule has 0 unspecified atom stereocenters. The first-order valence-corrected chi connectivity index (χ1v) is 5.51. The van der Waals surface area contributed by atoms with E-state index in [1.54, 1.807) is 6.07 Å². The van der Waals surface area contributed by atoms with Crippen molar-refractivity contribution in [2.24, 2.45) is 5.92 Å². The van der Waals surface area contributed by atoms with Gasteiger partial charge < -0.3 is 0 Å². The Hall–Kier alpha value is -0.890. The fourth-order valence-corrected chi connectivity index (χ4v) is 1.85. The summed E-state index contributed by atoms with van der Waals surface area (Å²) < 4.78 is 12.7. The summed E-state index contributed by atoms with van der Waals surface area (Å²) in [4.78, 5) is 11.4. The predicted octanol–water partition coefficient (Wildman–Crippen LogP) is 3.39. The van der Waals surface area contributed by atoms with Crippen molar-refractivity contribution in [3.05, 3.63) is 34.6 Å². The van der Waals surface area contributed by atoms with Crippen molar-refractivity contribution < 1.29 is 9.18 Å². The molecule has 1 aromatic carbocycles. The second-order valence-electron chi connectivity index (χ2n) is 3.98. The summed E-state index contributed by atoms with van der Waals surface area (Å²) in [5.41, 5.74) is 0.854. The Kier molecular flexibility index (Phi) is 3.06. The molecule has 2 rings (SSSR count). The summed E-state index contributed by atoms with van der Waals surface area (Å²) in [5, 5.41) is 0.415. The van der Waals surface area contributed by atoms with Crippen molar-refractivity contribution in [3.8, 4) is 0 Å². The van der Waals surface area contributed by atoms with Crippen LogP contribution in [0, 0.1) is 11.7 Å². The minimum absolute atomic E-state index is 0.296. The smallest absolute Gasteiger partial charge is 0.136 e. The molecule has 1 nitrogen and oxygen atoms in total. The topological polar surface area (TPSA) is 17.1 Å². The minimum atomic E-state index is -0.336. The fraction of sp³-hybridized carbons (Fsp3) is 0.417. The predicted molar refractivity (Wildman–Crippen MR) is 57.5 cm³/mol. The average Bonchev–Trinajstić information content (AvgIpc) is 2.99. The highest BCUT2D eigenvalue weighted by Gasteiger charge is 2.28. The van der Waals surface area contributed by atoms with Gasteiger partial charge in [0.05, 0.1) is 0 Å². The number of carbonyl (C=O) groups excluding carboxylic acids is 1. The Morgan fingerprint density at radius 1 is 1.47 bits per heavy atom. The number of halogens is 2. The van der Waals surface area contributed by atoms with E-state index >= 15 is 0 Å². The summed E-state index contributed by atoms with van der Waals surface area (Å²) in [6, 6.07) is 4.32. The van der Waals surface area contributed by atoms with E-state index < -0.39 is 0 Å². The molecule has 0 aromatic heterocycles. The molecule has 1 aromatic rings. The lowest BCUT2D eigenvalue weighted by Gasteiger charge is -2.03. The maximum absolute atomic E-state index is 12.7.